The van der Waals surface area contributed by atoms with Gasteiger partial charge >= 0.3 is 0 Å². The van der Waals surface area contributed by atoms with Crippen LogP contribution >= 0.6 is 0 Å². The van der Waals surface area contributed by atoms with Crippen LogP contribution in [-0.4, -0.2) is 22.3 Å². The molecule has 3 rings (SSSR count). The maximum atomic E-state index is 12.1. The van der Waals surface area contributed by atoms with Crippen LogP contribution in [0.1, 0.15) is 50.3 Å². The zero-order valence-corrected chi connectivity index (χ0v) is 13.2. The second-order valence-electron chi connectivity index (χ2n) is 5.79. The van der Waals surface area contributed by atoms with Gasteiger partial charge in [-0.05, 0) is 38.5 Å². The summed E-state index contributed by atoms with van der Waals surface area (Å²) in [6.45, 7) is 6.72. The number of nitrogens with zero attached hydrogens (tertiary/aromatic N) is 2. The number of carbonyl (C=O) groups excluding carboxylic acids is 1. The van der Waals surface area contributed by atoms with Gasteiger partial charge in [0.15, 0.2) is 0 Å². The Hall–Kier alpha value is -2.30. The van der Waals surface area contributed by atoms with Crippen LogP contribution in [0.3, 0.4) is 0 Å². The Morgan fingerprint density at radius 3 is 2.73 bits per heavy atom. The molecule has 5 heteroatoms. The smallest absolute Gasteiger partial charge is 0.226 e. The Balaban J connectivity index is 1.96. The van der Waals surface area contributed by atoms with Crippen LogP contribution in [0.4, 0.5) is 5.82 Å². The van der Waals surface area contributed by atoms with E-state index in [1.54, 1.807) is 0 Å². The third-order valence-corrected chi connectivity index (χ3v) is 3.93. The fraction of sp³-hybridized carbons (Fsp3) is 0.412. The predicted octanol–water partition coefficient (Wildman–Crippen LogP) is 3.34. The van der Waals surface area contributed by atoms with Gasteiger partial charge in [-0.2, -0.15) is 5.10 Å². The maximum absolute atomic E-state index is 12.1. The number of rotatable bonds is 4. The highest BCUT2D eigenvalue weighted by atomic mass is 16.5. The molecule has 1 aliphatic heterocycles. The Morgan fingerprint density at radius 2 is 2.09 bits per heavy atom. The fourth-order valence-corrected chi connectivity index (χ4v) is 2.89. The number of amides is 1. The molecule has 1 amide bonds. The van der Waals surface area contributed by atoms with Crippen molar-refractivity contribution in [1.29, 1.82) is 0 Å². The monoisotopic (exact) mass is 299 g/mol. The Bertz CT molecular complexity index is 674. The topological polar surface area (TPSA) is 56.1 Å². The Kier molecular flexibility index (Phi) is 3.88. The SMILES string of the molecule is CCOc1ccc([C@H]2CC(=O)Nc3c2cnn3C(C)C)cc1. The third-order valence-electron chi connectivity index (χ3n) is 3.93. The number of nitrogens with one attached hydrogen (secondary N) is 1. The maximum Gasteiger partial charge on any atom is 0.226 e. The average molecular weight is 299 g/mol. The molecule has 1 aromatic heterocycles. The first kappa shape index (κ1) is 14.6. The van der Waals surface area contributed by atoms with Gasteiger partial charge in [0.2, 0.25) is 5.91 Å². The number of benzene rings is 1. The number of fused-ring (bicyclic) bond motifs is 1. The highest BCUT2D eigenvalue weighted by Gasteiger charge is 2.30. The van der Waals surface area contributed by atoms with Gasteiger partial charge in [-0.1, -0.05) is 12.1 Å². The molecule has 0 bridgehead atoms. The molecule has 1 N–H and O–H groups in total. The summed E-state index contributed by atoms with van der Waals surface area (Å²) in [5.41, 5.74) is 2.19. The van der Waals surface area contributed by atoms with Gasteiger partial charge in [0.05, 0.1) is 12.8 Å². The third kappa shape index (κ3) is 2.58. The summed E-state index contributed by atoms with van der Waals surface area (Å²) >= 11 is 0. The molecule has 1 aliphatic rings. The minimum absolute atomic E-state index is 0.0359. The number of hydrogen-bond acceptors (Lipinski definition) is 3. The van der Waals surface area contributed by atoms with Crippen LogP contribution in [0.25, 0.3) is 0 Å². The van der Waals surface area contributed by atoms with Gasteiger partial charge < -0.3 is 10.1 Å². The normalized spacial score (nSPS) is 17.3. The van der Waals surface area contributed by atoms with E-state index < -0.39 is 0 Å². The average Bonchev–Trinajstić information content (AvgIpc) is 2.91. The van der Waals surface area contributed by atoms with Crippen molar-refractivity contribution in [3.63, 3.8) is 0 Å². The molecule has 0 radical (unpaired) electrons. The molecule has 0 unspecified atom stereocenters. The number of carbonyl (C=O) groups is 1. The molecular weight excluding hydrogens is 278 g/mol. The lowest BCUT2D eigenvalue weighted by atomic mass is 9.87. The largest absolute Gasteiger partial charge is 0.494 e. The van der Waals surface area contributed by atoms with Crippen molar-refractivity contribution in [2.24, 2.45) is 0 Å². The van der Waals surface area contributed by atoms with E-state index in [0.29, 0.717) is 13.0 Å². The lowest BCUT2D eigenvalue weighted by molar-refractivity contribution is -0.116. The molecule has 22 heavy (non-hydrogen) atoms. The van der Waals surface area contributed by atoms with Crippen LogP contribution < -0.4 is 10.1 Å². The number of ether oxygens (including phenoxy) is 1. The first-order chi connectivity index (χ1) is 10.6. The van der Waals surface area contributed by atoms with Gasteiger partial charge in [0, 0.05) is 23.9 Å². The second-order valence-corrected chi connectivity index (χ2v) is 5.79. The molecule has 0 spiro atoms. The van der Waals surface area contributed by atoms with Crippen molar-refractivity contribution >= 4 is 11.7 Å². The van der Waals surface area contributed by atoms with E-state index in [1.807, 2.05) is 42.1 Å². The summed E-state index contributed by atoms with van der Waals surface area (Å²) in [7, 11) is 0. The number of hydrogen-bond donors (Lipinski definition) is 1. The minimum atomic E-state index is 0.0359. The van der Waals surface area contributed by atoms with E-state index in [4.69, 9.17) is 4.74 Å². The molecule has 0 fully saturated rings. The quantitative estimate of drug-likeness (QED) is 0.942. The standard InChI is InChI=1S/C17H21N3O2/c1-4-22-13-7-5-12(6-8-13)14-9-16(21)19-17-15(14)10-18-20(17)11(2)3/h5-8,10-11,14H,4,9H2,1-3H3,(H,19,21)/t14-/m1/s1. The first-order valence-corrected chi connectivity index (χ1v) is 7.70. The zero-order valence-electron chi connectivity index (χ0n) is 13.2. The summed E-state index contributed by atoms with van der Waals surface area (Å²) in [6, 6.07) is 8.19. The van der Waals surface area contributed by atoms with Gasteiger partial charge in [0.25, 0.3) is 0 Å². The molecule has 2 heterocycles. The van der Waals surface area contributed by atoms with Crippen molar-refractivity contribution in [1.82, 2.24) is 9.78 Å². The fourth-order valence-electron chi connectivity index (χ4n) is 2.89. The summed E-state index contributed by atoms with van der Waals surface area (Å²) in [6.07, 6.45) is 2.32. The molecule has 0 saturated carbocycles. The van der Waals surface area contributed by atoms with E-state index in [2.05, 4.69) is 24.3 Å². The van der Waals surface area contributed by atoms with Gasteiger partial charge in [-0.15, -0.1) is 0 Å². The number of anilines is 1. The lowest BCUT2D eigenvalue weighted by Crippen LogP contribution is -2.25. The van der Waals surface area contributed by atoms with Gasteiger partial charge in [0.1, 0.15) is 11.6 Å². The van der Waals surface area contributed by atoms with E-state index in [9.17, 15) is 4.79 Å². The lowest BCUT2D eigenvalue weighted by Gasteiger charge is -2.24. The molecule has 116 valence electrons. The van der Waals surface area contributed by atoms with E-state index in [-0.39, 0.29) is 17.9 Å². The predicted molar refractivity (Wildman–Crippen MR) is 85.3 cm³/mol. The van der Waals surface area contributed by atoms with Crippen molar-refractivity contribution in [2.75, 3.05) is 11.9 Å². The summed E-state index contributed by atoms with van der Waals surface area (Å²) in [5, 5.41) is 7.39. The molecule has 5 nitrogen and oxygen atoms in total. The Morgan fingerprint density at radius 1 is 1.36 bits per heavy atom. The second kappa shape index (κ2) is 5.83. The van der Waals surface area contributed by atoms with E-state index in [0.717, 1.165) is 22.7 Å². The van der Waals surface area contributed by atoms with Gasteiger partial charge in [-0.25, -0.2) is 4.68 Å². The minimum Gasteiger partial charge on any atom is -0.494 e. The van der Waals surface area contributed by atoms with Gasteiger partial charge in [-0.3, -0.25) is 4.79 Å². The highest BCUT2D eigenvalue weighted by Crippen LogP contribution is 2.38. The number of aromatic nitrogens is 2. The Labute approximate surface area is 130 Å². The molecule has 0 aliphatic carbocycles. The summed E-state index contributed by atoms with van der Waals surface area (Å²) in [5.74, 6) is 1.76. The first-order valence-electron chi connectivity index (χ1n) is 7.70. The molecule has 2 aromatic rings. The molecule has 0 saturated heterocycles. The van der Waals surface area contributed by atoms with E-state index in [1.165, 1.54) is 0 Å². The van der Waals surface area contributed by atoms with Crippen molar-refractivity contribution < 1.29 is 9.53 Å². The summed E-state index contributed by atoms with van der Waals surface area (Å²) in [4.78, 5) is 12.1. The van der Waals surface area contributed by atoms with Crippen LogP contribution in [0.5, 0.6) is 5.75 Å². The summed E-state index contributed by atoms with van der Waals surface area (Å²) < 4.78 is 7.35. The van der Waals surface area contributed by atoms with Crippen LogP contribution in [0.15, 0.2) is 30.5 Å². The van der Waals surface area contributed by atoms with Crippen molar-refractivity contribution in [2.45, 2.75) is 39.2 Å². The molecule has 1 atom stereocenters. The van der Waals surface area contributed by atoms with Crippen molar-refractivity contribution in [3.8, 4) is 5.75 Å². The molecule has 1 aromatic carbocycles. The van der Waals surface area contributed by atoms with Crippen molar-refractivity contribution in [3.05, 3.63) is 41.6 Å². The zero-order chi connectivity index (χ0) is 15.7. The van der Waals surface area contributed by atoms with Crippen LogP contribution in [0, 0.1) is 0 Å². The highest BCUT2D eigenvalue weighted by molar-refractivity contribution is 5.94. The van der Waals surface area contributed by atoms with Crippen LogP contribution in [0.2, 0.25) is 0 Å². The molecular formula is C17H21N3O2. The van der Waals surface area contributed by atoms with Crippen LogP contribution in [-0.2, 0) is 4.79 Å². The van der Waals surface area contributed by atoms with E-state index >= 15 is 0 Å².